The minimum Gasteiger partial charge on any atom is -0.358 e. The van der Waals surface area contributed by atoms with Crippen LogP contribution in [0.25, 0.3) is 0 Å². The Morgan fingerprint density at radius 1 is 0.944 bits per heavy atom. The fraction of sp³-hybridized carbons (Fsp3) is 0.214. The maximum atomic E-state index is 13.5. The van der Waals surface area contributed by atoms with Crippen LogP contribution in [0.3, 0.4) is 0 Å². The van der Waals surface area contributed by atoms with E-state index in [0.29, 0.717) is 30.3 Å². The summed E-state index contributed by atoms with van der Waals surface area (Å²) in [5, 5.41) is 9.44. The molecule has 3 N–H and O–H groups in total. The second-order valence-electron chi connectivity index (χ2n) is 8.49. The van der Waals surface area contributed by atoms with Crippen LogP contribution in [0.2, 0.25) is 0 Å². The minimum atomic E-state index is -0.585. The molecular formula is C28H29FN6O. The van der Waals surface area contributed by atoms with E-state index in [4.69, 9.17) is 0 Å². The molecule has 184 valence electrons. The molecule has 0 spiro atoms. The van der Waals surface area contributed by atoms with E-state index >= 15 is 0 Å². The minimum absolute atomic E-state index is 0.203. The van der Waals surface area contributed by atoms with Gasteiger partial charge in [-0.15, -0.1) is 0 Å². The maximum Gasteiger partial charge on any atom is 0.243 e. The van der Waals surface area contributed by atoms with E-state index in [1.807, 2.05) is 61.7 Å². The fourth-order valence-electron chi connectivity index (χ4n) is 3.78. The van der Waals surface area contributed by atoms with Crippen molar-refractivity contribution >= 4 is 17.7 Å². The molecule has 1 atom stereocenters. The van der Waals surface area contributed by atoms with Crippen LogP contribution in [0, 0.1) is 12.7 Å². The van der Waals surface area contributed by atoms with Crippen molar-refractivity contribution in [3.05, 3.63) is 113 Å². The SMILES string of the molecule is Cc1cc(N[C@@H](Cc2ccccc2)C(=O)NCc2cccc(F)c2)nc(NCCc2cccnc2)n1. The third kappa shape index (κ3) is 7.59. The highest BCUT2D eigenvalue weighted by molar-refractivity contribution is 5.84. The number of pyridine rings is 1. The van der Waals surface area contributed by atoms with Gasteiger partial charge in [0.05, 0.1) is 0 Å². The maximum absolute atomic E-state index is 13.5. The molecule has 1 amide bonds. The summed E-state index contributed by atoms with van der Waals surface area (Å²) in [4.78, 5) is 26.4. The quantitative estimate of drug-likeness (QED) is 0.294. The predicted molar refractivity (Wildman–Crippen MR) is 139 cm³/mol. The Balaban J connectivity index is 1.44. The van der Waals surface area contributed by atoms with Crippen molar-refractivity contribution in [3.8, 4) is 0 Å². The van der Waals surface area contributed by atoms with Crippen LogP contribution in [-0.2, 0) is 24.2 Å². The first-order valence-corrected chi connectivity index (χ1v) is 11.9. The van der Waals surface area contributed by atoms with Crippen molar-refractivity contribution in [1.29, 1.82) is 0 Å². The number of hydrogen-bond donors (Lipinski definition) is 3. The summed E-state index contributed by atoms with van der Waals surface area (Å²) in [6.07, 6.45) is 4.83. The molecule has 4 rings (SSSR count). The van der Waals surface area contributed by atoms with Gasteiger partial charge in [-0.1, -0.05) is 48.5 Å². The zero-order valence-electron chi connectivity index (χ0n) is 20.1. The van der Waals surface area contributed by atoms with Crippen LogP contribution >= 0.6 is 0 Å². The molecule has 0 aliphatic rings. The summed E-state index contributed by atoms with van der Waals surface area (Å²) in [7, 11) is 0. The molecule has 0 aliphatic heterocycles. The first-order chi connectivity index (χ1) is 17.5. The van der Waals surface area contributed by atoms with Crippen molar-refractivity contribution < 1.29 is 9.18 Å². The molecule has 0 fully saturated rings. The van der Waals surface area contributed by atoms with Crippen LogP contribution in [-0.4, -0.2) is 33.4 Å². The van der Waals surface area contributed by atoms with Crippen LogP contribution in [0.15, 0.2) is 85.2 Å². The van der Waals surface area contributed by atoms with Gasteiger partial charge in [0.1, 0.15) is 17.7 Å². The van der Waals surface area contributed by atoms with Gasteiger partial charge in [0.15, 0.2) is 0 Å². The predicted octanol–water partition coefficient (Wildman–Crippen LogP) is 4.31. The zero-order chi connectivity index (χ0) is 25.2. The molecule has 0 radical (unpaired) electrons. The summed E-state index contributed by atoms with van der Waals surface area (Å²) < 4.78 is 13.5. The van der Waals surface area contributed by atoms with Gasteiger partial charge in [0.2, 0.25) is 11.9 Å². The lowest BCUT2D eigenvalue weighted by molar-refractivity contribution is -0.122. The Kier molecular flexibility index (Phi) is 8.53. The molecule has 0 unspecified atom stereocenters. The van der Waals surface area contributed by atoms with Gasteiger partial charge in [0.25, 0.3) is 0 Å². The van der Waals surface area contributed by atoms with Crippen molar-refractivity contribution in [3.63, 3.8) is 0 Å². The van der Waals surface area contributed by atoms with Gasteiger partial charge in [-0.2, -0.15) is 4.98 Å². The van der Waals surface area contributed by atoms with Crippen molar-refractivity contribution in [2.75, 3.05) is 17.2 Å². The molecule has 2 aromatic heterocycles. The first kappa shape index (κ1) is 24.8. The normalized spacial score (nSPS) is 11.5. The van der Waals surface area contributed by atoms with E-state index in [1.165, 1.54) is 12.1 Å². The molecular weight excluding hydrogens is 455 g/mol. The van der Waals surface area contributed by atoms with Crippen LogP contribution in [0.1, 0.15) is 22.4 Å². The molecule has 8 heteroatoms. The Morgan fingerprint density at radius 2 is 1.75 bits per heavy atom. The average molecular weight is 485 g/mol. The number of amides is 1. The highest BCUT2D eigenvalue weighted by Gasteiger charge is 2.20. The number of anilines is 2. The molecule has 36 heavy (non-hydrogen) atoms. The second-order valence-corrected chi connectivity index (χ2v) is 8.49. The van der Waals surface area contributed by atoms with Gasteiger partial charge in [0, 0.05) is 43.7 Å². The lowest BCUT2D eigenvalue weighted by atomic mass is 10.0. The van der Waals surface area contributed by atoms with Gasteiger partial charge in [-0.05, 0) is 48.2 Å². The molecule has 0 saturated carbocycles. The van der Waals surface area contributed by atoms with Crippen molar-refractivity contribution in [1.82, 2.24) is 20.3 Å². The van der Waals surface area contributed by atoms with E-state index in [0.717, 1.165) is 23.2 Å². The first-order valence-electron chi connectivity index (χ1n) is 11.9. The van der Waals surface area contributed by atoms with Crippen LogP contribution < -0.4 is 16.0 Å². The molecule has 4 aromatic rings. The molecule has 0 aliphatic carbocycles. The van der Waals surface area contributed by atoms with Gasteiger partial charge < -0.3 is 16.0 Å². The number of hydrogen-bond acceptors (Lipinski definition) is 6. The van der Waals surface area contributed by atoms with Gasteiger partial charge in [-0.25, -0.2) is 9.37 Å². The lowest BCUT2D eigenvalue weighted by Crippen LogP contribution is -2.41. The fourth-order valence-corrected chi connectivity index (χ4v) is 3.78. The van der Waals surface area contributed by atoms with Crippen LogP contribution in [0.4, 0.5) is 16.2 Å². The number of aryl methyl sites for hydroxylation is 1. The summed E-state index contributed by atoms with van der Waals surface area (Å²) >= 11 is 0. The molecule has 2 aromatic carbocycles. The van der Waals surface area contributed by atoms with Crippen molar-refractivity contribution in [2.24, 2.45) is 0 Å². The summed E-state index contributed by atoms with van der Waals surface area (Å²) in [5.74, 6) is 0.499. The van der Waals surface area contributed by atoms with E-state index in [2.05, 4.69) is 30.9 Å². The van der Waals surface area contributed by atoms with E-state index in [9.17, 15) is 9.18 Å². The number of carbonyl (C=O) groups excluding carboxylic acids is 1. The van der Waals surface area contributed by atoms with E-state index < -0.39 is 6.04 Å². The van der Waals surface area contributed by atoms with Crippen LogP contribution in [0.5, 0.6) is 0 Å². The van der Waals surface area contributed by atoms with Crippen molar-refractivity contribution in [2.45, 2.75) is 32.4 Å². The average Bonchev–Trinajstić information content (AvgIpc) is 2.88. The zero-order valence-corrected chi connectivity index (χ0v) is 20.1. The number of aromatic nitrogens is 3. The number of benzene rings is 2. The Hall–Kier alpha value is -4.33. The Labute approximate surface area is 210 Å². The third-order valence-corrected chi connectivity index (χ3v) is 5.55. The smallest absolute Gasteiger partial charge is 0.243 e. The van der Waals surface area contributed by atoms with E-state index in [-0.39, 0.29) is 18.3 Å². The number of rotatable bonds is 11. The number of nitrogens with zero attached hydrogens (tertiary/aromatic N) is 3. The van der Waals surface area contributed by atoms with Gasteiger partial charge in [-0.3, -0.25) is 9.78 Å². The van der Waals surface area contributed by atoms with E-state index in [1.54, 1.807) is 18.3 Å². The topological polar surface area (TPSA) is 91.8 Å². The summed E-state index contributed by atoms with van der Waals surface area (Å²) in [6, 6.07) is 21.1. The lowest BCUT2D eigenvalue weighted by Gasteiger charge is -2.20. The molecule has 0 saturated heterocycles. The molecule has 7 nitrogen and oxygen atoms in total. The number of nitrogens with one attached hydrogen (secondary N) is 3. The Morgan fingerprint density at radius 3 is 2.53 bits per heavy atom. The third-order valence-electron chi connectivity index (χ3n) is 5.55. The number of carbonyl (C=O) groups is 1. The molecule has 2 heterocycles. The highest BCUT2D eigenvalue weighted by Crippen LogP contribution is 2.14. The molecule has 0 bridgehead atoms. The largest absolute Gasteiger partial charge is 0.358 e. The van der Waals surface area contributed by atoms with Gasteiger partial charge >= 0.3 is 0 Å². The highest BCUT2D eigenvalue weighted by atomic mass is 19.1. The Bertz CT molecular complexity index is 1270. The standard InChI is InChI=1S/C28H29FN6O/c1-20-15-26(35-28(33-20)31-14-12-22-10-6-13-30-18-22)34-25(17-21-7-3-2-4-8-21)27(36)32-19-23-9-5-11-24(29)16-23/h2-11,13,15-16,18,25H,12,14,17,19H2,1H3,(H,32,36)(H2,31,33,34,35)/t25-/m0/s1. The second kappa shape index (κ2) is 12.4. The summed E-state index contributed by atoms with van der Waals surface area (Å²) in [5.41, 5.74) is 3.60. The summed E-state index contributed by atoms with van der Waals surface area (Å²) in [6.45, 7) is 2.76. The number of halogens is 1. The monoisotopic (exact) mass is 484 g/mol.